The van der Waals surface area contributed by atoms with Crippen LogP contribution < -0.4 is 10.6 Å². The monoisotopic (exact) mass is 361 g/mol. The Balaban J connectivity index is 1.52. The number of fused-ring (bicyclic) bond motifs is 1. The number of aromatic nitrogens is 3. The maximum absolute atomic E-state index is 4.91. The second-order valence-corrected chi connectivity index (χ2v) is 8.12. The highest BCUT2D eigenvalue weighted by Gasteiger charge is 2.22. The standard InChI is InChI=1S/C19H35N7/c1-4-20-19(24-17-7-8-18-22-14-23-26(18)13-17)21-10-16-6-5-9-25(12-16)11-15(2)3/h14-17H,4-13H2,1-3H3,(H2,20,21,24). The summed E-state index contributed by atoms with van der Waals surface area (Å²) in [6.45, 7) is 13.0. The molecule has 2 aliphatic heterocycles. The summed E-state index contributed by atoms with van der Waals surface area (Å²) in [6, 6.07) is 0.366. The molecule has 0 amide bonds. The zero-order valence-corrected chi connectivity index (χ0v) is 16.6. The highest BCUT2D eigenvalue weighted by molar-refractivity contribution is 5.80. The van der Waals surface area contributed by atoms with Gasteiger partial charge in [-0.1, -0.05) is 13.8 Å². The molecular weight excluding hydrogens is 326 g/mol. The van der Waals surface area contributed by atoms with Crippen molar-refractivity contribution < 1.29 is 0 Å². The van der Waals surface area contributed by atoms with Crippen molar-refractivity contribution in [3.63, 3.8) is 0 Å². The van der Waals surface area contributed by atoms with Crippen LogP contribution >= 0.6 is 0 Å². The predicted octanol–water partition coefficient (Wildman–Crippen LogP) is 1.52. The lowest BCUT2D eigenvalue weighted by atomic mass is 9.97. The molecule has 7 heteroatoms. The first-order valence-electron chi connectivity index (χ1n) is 10.3. The second kappa shape index (κ2) is 9.35. The SMILES string of the molecule is CCNC(=NCC1CCCN(CC(C)C)C1)NC1CCc2ncnn2C1. The molecule has 3 rings (SSSR count). The van der Waals surface area contributed by atoms with Crippen LogP contribution in [0, 0.1) is 11.8 Å². The first-order chi connectivity index (χ1) is 12.6. The fourth-order valence-corrected chi connectivity index (χ4v) is 4.07. The van der Waals surface area contributed by atoms with E-state index in [1.54, 1.807) is 6.33 Å². The molecule has 1 saturated heterocycles. The third kappa shape index (κ3) is 5.43. The summed E-state index contributed by atoms with van der Waals surface area (Å²) < 4.78 is 2.01. The van der Waals surface area contributed by atoms with Crippen LogP contribution in [-0.4, -0.2) is 64.4 Å². The van der Waals surface area contributed by atoms with E-state index < -0.39 is 0 Å². The molecule has 1 fully saturated rings. The van der Waals surface area contributed by atoms with Gasteiger partial charge < -0.3 is 15.5 Å². The summed E-state index contributed by atoms with van der Waals surface area (Å²) in [7, 11) is 0. The van der Waals surface area contributed by atoms with Gasteiger partial charge in [0, 0.05) is 38.6 Å². The van der Waals surface area contributed by atoms with Gasteiger partial charge in [-0.3, -0.25) is 4.99 Å². The van der Waals surface area contributed by atoms with Crippen LogP contribution in [0.3, 0.4) is 0 Å². The molecule has 26 heavy (non-hydrogen) atoms. The Morgan fingerprint density at radius 1 is 1.35 bits per heavy atom. The van der Waals surface area contributed by atoms with Gasteiger partial charge in [0.1, 0.15) is 12.2 Å². The number of hydrogen-bond donors (Lipinski definition) is 2. The fraction of sp³-hybridized carbons (Fsp3) is 0.842. The minimum atomic E-state index is 0.366. The molecule has 1 aromatic rings. The van der Waals surface area contributed by atoms with Gasteiger partial charge >= 0.3 is 0 Å². The minimum absolute atomic E-state index is 0.366. The largest absolute Gasteiger partial charge is 0.357 e. The van der Waals surface area contributed by atoms with Gasteiger partial charge in [0.25, 0.3) is 0 Å². The smallest absolute Gasteiger partial charge is 0.191 e. The van der Waals surface area contributed by atoms with Gasteiger partial charge in [-0.05, 0) is 44.6 Å². The summed E-state index contributed by atoms with van der Waals surface area (Å²) in [5.74, 6) is 3.45. The zero-order valence-electron chi connectivity index (χ0n) is 16.6. The number of aryl methyl sites for hydroxylation is 1. The molecule has 2 unspecified atom stereocenters. The van der Waals surface area contributed by atoms with Crippen molar-refractivity contribution in [2.24, 2.45) is 16.8 Å². The molecular formula is C19H35N7. The Morgan fingerprint density at radius 2 is 2.23 bits per heavy atom. The lowest BCUT2D eigenvalue weighted by Gasteiger charge is -2.33. The zero-order chi connectivity index (χ0) is 18.4. The van der Waals surface area contributed by atoms with Gasteiger partial charge in [0.2, 0.25) is 0 Å². The second-order valence-electron chi connectivity index (χ2n) is 8.12. The number of hydrogen-bond acceptors (Lipinski definition) is 4. The quantitative estimate of drug-likeness (QED) is 0.594. The van der Waals surface area contributed by atoms with E-state index in [1.807, 2.05) is 4.68 Å². The van der Waals surface area contributed by atoms with Crippen LogP contribution in [0.5, 0.6) is 0 Å². The van der Waals surface area contributed by atoms with Crippen molar-refractivity contribution in [2.45, 2.75) is 59.0 Å². The molecule has 0 saturated carbocycles. The number of nitrogens with one attached hydrogen (secondary N) is 2. The van der Waals surface area contributed by atoms with Gasteiger partial charge in [-0.2, -0.15) is 5.10 Å². The number of aliphatic imine (C=N–C) groups is 1. The Hall–Kier alpha value is -1.63. The molecule has 2 atom stereocenters. The number of nitrogens with zero attached hydrogens (tertiary/aromatic N) is 5. The summed E-state index contributed by atoms with van der Waals surface area (Å²) in [5.41, 5.74) is 0. The van der Waals surface area contributed by atoms with Crippen LogP contribution in [0.1, 0.15) is 45.9 Å². The first kappa shape index (κ1) is 19.1. The molecule has 7 nitrogen and oxygen atoms in total. The molecule has 0 bridgehead atoms. The summed E-state index contributed by atoms with van der Waals surface area (Å²) in [6.07, 6.45) is 6.30. The Kier molecular flexibility index (Phi) is 6.88. The molecule has 2 N–H and O–H groups in total. The Labute approximate surface area is 157 Å². The van der Waals surface area contributed by atoms with E-state index in [-0.39, 0.29) is 0 Å². The number of rotatable bonds is 6. The number of piperidine rings is 1. The lowest BCUT2D eigenvalue weighted by Crippen LogP contribution is -2.47. The number of likely N-dealkylation sites (tertiary alicyclic amines) is 1. The highest BCUT2D eigenvalue weighted by atomic mass is 15.4. The van der Waals surface area contributed by atoms with Gasteiger partial charge in [-0.15, -0.1) is 0 Å². The van der Waals surface area contributed by atoms with Crippen LogP contribution in [0.25, 0.3) is 0 Å². The predicted molar refractivity (Wildman–Crippen MR) is 105 cm³/mol. The van der Waals surface area contributed by atoms with Crippen LogP contribution in [0.4, 0.5) is 0 Å². The van der Waals surface area contributed by atoms with E-state index in [4.69, 9.17) is 4.99 Å². The van der Waals surface area contributed by atoms with Gasteiger partial charge in [0.15, 0.2) is 5.96 Å². The average molecular weight is 362 g/mol. The van der Waals surface area contributed by atoms with Crippen molar-refractivity contribution in [2.75, 3.05) is 32.7 Å². The van der Waals surface area contributed by atoms with Crippen molar-refractivity contribution in [3.05, 3.63) is 12.2 Å². The topological polar surface area (TPSA) is 70.4 Å². The molecule has 0 aliphatic carbocycles. The maximum atomic E-state index is 4.91. The molecule has 2 aliphatic rings. The maximum Gasteiger partial charge on any atom is 0.191 e. The fourth-order valence-electron chi connectivity index (χ4n) is 4.07. The lowest BCUT2D eigenvalue weighted by molar-refractivity contribution is 0.162. The van der Waals surface area contributed by atoms with E-state index in [1.165, 1.54) is 32.5 Å². The number of guanidine groups is 1. The summed E-state index contributed by atoms with van der Waals surface area (Å²) in [5, 5.41) is 11.3. The Morgan fingerprint density at radius 3 is 3.04 bits per heavy atom. The van der Waals surface area contributed by atoms with Crippen molar-refractivity contribution >= 4 is 5.96 Å². The highest BCUT2D eigenvalue weighted by Crippen LogP contribution is 2.18. The van der Waals surface area contributed by atoms with E-state index in [2.05, 4.69) is 46.4 Å². The Bertz CT molecular complexity index is 580. The summed E-state index contributed by atoms with van der Waals surface area (Å²) >= 11 is 0. The summed E-state index contributed by atoms with van der Waals surface area (Å²) in [4.78, 5) is 11.8. The minimum Gasteiger partial charge on any atom is -0.357 e. The molecule has 0 spiro atoms. The van der Waals surface area contributed by atoms with Crippen LogP contribution in [-0.2, 0) is 13.0 Å². The normalized spacial score (nSPS) is 24.5. The molecule has 3 heterocycles. The van der Waals surface area contributed by atoms with E-state index >= 15 is 0 Å². The molecule has 0 radical (unpaired) electrons. The molecule has 146 valence electrons. The first-order valence-corrected chi connectivity index (χ1v) is 10.3. The van der Waals surface area contributed by atoms with Crippen molar-refractivity contribution in [1.29, 1.82) is 0 Å². The van der Waals surface area contributed by atoms with Crippen LogP contribution in [0.15, 0.2) is 11.3 Å². The van der Waals surface area contributed by atoms with Gasteiger partial charge in [-0.25, -0.2) is 9.67 Å². The van der Waals surface area contributed by atoms with E-state index in [9.17, 15) is 0 Å². The third-order valence-corrected chi connectivity index (χ3v) is 5.22. The molecule has 0 aromatic carbocycles. The van der Waals surface area contributed by atoms with Crippen molar-refractivity contribution in [3.8, 4) is 0 Å². The average Bonchev–Trinajstić information content (AvgIpc) is 3.07. The van der Waals surface area contributed by atoms with Gasteiger partial charge in [0.05, 0.1) is 6.54 Å². The molecule has 1 aromatic heterocycles. The van der Waals surface area contributed by atoms with E-state index in [0.717, 1.165) is 50.2 Å². The third-order valence-electron chi connectivity index (χ3n) is 5.22. The van der Waals surface area contributed by atoms with E-state index in [0.29, 0.717) is 12.0 Å². The van der Waals surface area contributed by atoms with Crippen molar-refractivity contribution in [1.82, 2.24) is 30.3 Å². The van der Waals surface area contributed by atoms with Crippen LogP contribution in [0.2, 0.25) is 0 Å².